The van der Waals surface area contributed by atoms with Gasteiger partial charge >= 0.3 is 0 Å². The van der Waals surface area contributed by atoms with Gasteiger partial charge in [0, 0.05) is 26.5 Å². The fourth-order valence-electron chi connectivity index (χ4n) is 4.70. The number of aliphatic hydroxyl groups excluding tert-OH is 1. The van der Waals surface area contributed by atoms with Crippen molar-refractivity contribution in [1.82, 2.24) is 0 Å². The van der Waals surface area contributed by atoms with Crippen LogP contribution < -0.4 is 20.0 Å². The van der Waals surface area contributed by atoms with E-state index in [9.17, 15) is 9.90 Å². The predicted octanol–water partition coefficient (Wildman–Crippen LogP) is 4.21. The summed E-state index contributed by atoms with van der Waals surface area (Å²) in [5, 5.41) is 12.4. The molecule has 198 valence electrons. The summed E-state index contributed by atoms with van der Waals surface area (Å²) in [4.78, 5) is 14.9. The molecule has 0 spiro atoms. The lowest BCUT2D eigenvalue weighted by molar-refractivity contribution is -0.123. The van der Waals surface area contributed by atoms with E-state index in [0.29, 0.717) is 18.8 Å². The van der Waals surface area contributed by atoms with Gasteiger partial charge in [0.2, 0.25) is 5.91 Å². The fraction of sp³-hybridized carbons (Fsp3) is 0.367. The van der Waals surface area contributed by atoms with Crippen LogP contribution in [0.15, 0.2) is 84.9 Å². The minimum Gasteiger partial charge on any atom is -0.468 e. The third-order valence-corrected chi connectivity index (χ3v) is 11.7. The molecule has 0 saturated heterocycles. The molecule has 3 rings (SSSR count). The van der Waals surface area contributed by atoms with Gasteiger partial charge in [-0.3, -0.25) is 4.79 Å². The van der Waals surface area contributed by atoms with E-state index < -0.39 is 14.2 Å². The number of benzene rings is 3. The van der Waals surface area contributed by atoms with Crippen molar-refractivity contribution in [1.29, 1.82) is 0 Å². The predicted molar refractivity (Wildman–Crippen MR) is 151 cm³/mol. The van der Waals surface area contributed by atoms with Gasteiger partial charge in [0.15, 0.2) is 6.79 Å². The van der Waals surface area contributed by atoms with Gasteiger partial charge in [-0.1, -0.05) is 81.4 Å². The Morgan fingerprint density at radius 1 is 0.919 bits per heavy atom. The molecule has 3 aromatic carbocycles. The quantitative estimate of drug-likeness (QED) is 0.286. The van der Waals surface area contributed by atoms with Crippen LogP contribution >= 0.6 is 0 Å². The summed E-state index contributed by atoms with van der Waals surface area (Å²) < 4.78 is 17.3. The molecule has 0 bridgehead atoms. The molecule has 6 nitrogen and oxygen atoms in total. The van der Waals surface area contributed by atoms with Crippen LogP contribution in [0.25, 0.3) is 0 Å². The Labute approximate surface area is 221 Å². The molecule has 0 heterocycles. The van der Waals surface area contributed by atoms with E-state index in [2.05, 4.69) is 69.3 Å². The van der Waals surface area contributed by atoms with Crippen molar-refractivity contribution in [2.45, 2.75) is 32.2 Å². The zero-order valence-electron chi connectivity index (χ0n) is 22.5. The molecule has 0 fully saturated rings. The average Bonchev–Trinajstić information content (AvgIpc) is 2.92. The zero-order chi connectivity index (χ0) is 26.9. The molecule has 1 N–H and O–H groups in total. The molecule has 0 aromatic heterocycles. The standard InChI is InChI=1S/C30H39NO5Si/c1-30(2,3)37(27-12-8-6-9-13-27,28-14-10-7-11-15-28)36-21-20-24(22-32)29(33)31(4)25-16-18-26(19-17-25)35-23-34-5/h6-19,24,32H,20-23H2,1-5H3. The molecule has 0 aliphatic rings. The number of amides is 1. The smallest absolute Gasteiger partial charge is 0.261 e. The fourth-order valence-corrected chi connectivity index (χ4v) is 9.28. The lowest BCUT2D eigenvalue weighted by Gasteiger charge is -2.43. The number of anilines is 1. The topological polar surface area (TPSA) is 68.2 Å². The summed E-state index contributed by atoms with van der Waals surface area (Å²) in [6, 6.07) is 28.0. The van der Waals surface area contributed by atoms with Crippen LogP contribution in [0.1, 0.15) is 27.2 Å². The average molecular weight is 522 g/mol. The van der Waals surface area contributed by atoms with E-state index in [1.165, 1.54) is 10.4 Å². The molecular formula is C30H39NO5Si. The molecule has 1 amide bonds. The SMILES string of the molecule is COCOc1ccc(N(C)C(=O)C(CO)CCO[Si](c2ccccc2)(c2ccccc2)C(C)(C)C)cc1. The number of hydrogen-bond donors (Lipinski definition) is 1. The van der Waals surface area contributed by atoms with Crippen LogP contribution in [-0.2, 0) is 14.0 Å². The van der Waals surface area contributed by atoms with Gasteiger partial charge in [0.1, 0.15) is 5.75 Å². The molecule has 0 radical (unpaired) electrons. The van der Waals surface area contributed by atoms with Gasteiger partial charge in [0.25, 0.3) is 8.32 Å². The van der Waals surface area contributed by atoms with E-state index in [4.69, 9.17) is 13.9 Å². The lowest BCUT2D eigenvalue weighted by Crippen LogP contribution is -2.66. The van der Waals surface area contributed by atoms with E-state index >= 15 is 0 Å². The monoisotopic (exact) mass is 521 g/mol. The van der Waals surface area contributed by atoms with Gasteiger partial charge in [-0.2, -0.15) is 0 Å². The Balaban J connectivity index is 1.78. The van der Waals surface area contributed by atoms with Crippen molar-refractivity contribution < 1.29 is 23.8 Å². The number of hydrogen-bond acceptors (Lipinski definition) is 5. The largest absolute Gasteiger partial charge is 0.468 e. The number of aliphatic hydroxyl groups is 1. The molecule has 1 unspecified atom stereocenters. The molecule has 0 saturated carbocycles. The Bertz CT molecular complexity index is 1060. The van der Waals surface area contributed by atoms with Gasteiger partial charge in [0.05, 0.1) is 12.5 Å². The minimum absolute atomic E-state index is 0.154. The Morgan fingerprint density at radius 3 is 1.92 bits per heavy atom. The van der Waals surface area contributed by atoms with E-state index in [1.807, 2.05) is 24.3 Å². The molecule has 37 heavy (non-hydrogen) atoms. The highest BCUT2D eigenvalue weighted by Crippen LogP contribution is 2.37. The van der Waals surface area contributed by atoms with Crippen LogP contribution in [0.3, 0.4) is 0 Å². The second-order valence-corrected chi connectivity index (χ2v) is 14.4. The summed E-state index contributed by atoms with van der Waals surface area (Å²) in [6.45, 7) is 6.95. The highest BCUT2D eigenvalue weighted by molar-refractivity contribution is 6.99. The van der Waals surface area contributed by atoms with Crippen molar-refractivity contribution >= 4 is 30.3 Å². The molecule has 7 heteroatoms. The first-order valence-corrected chi connectivity index (χ1v) is 14.5. The lowest BCUT2D eigenvalue weighted by atomic mass is 10.1. The molecule has 0 aliphatic carbocycles. The summed E-state index contributed by atoms with van der Waals surface area (Å²) >= 11 is 0. The second kappa shape index (κ2) is 13.0. The number of methoxy groups -OCH3 is 1. The van der Waals surface area contributed by atoms with Crippen LogP contribution in [0.5, 0.6) is 5.75 Å². The summed E-state index contributed by atoms with van der Waals surface area (Å²) in [6.07, 6.45) is 0.416. The Hall–Kier alpha value is -2.97. The minimum atomic E-state index is -2.70. The van der Waals surface area contributed by atoms with Gasteiger partial charge in [-0.25, -0.2) is 0 Å². The Morgan fingerprint density at radius 2 is 1.46 bits per heavy atom. The maximum Gasteiger partial charge on any atom is 0.261 e. The van der Waals surface area contributed by atoms with Crippen molar-refractivity contribution in [2.75, 3.05) is 39.1 Å². The number of carbonyl (C=O) groups excluding carboxylic acids is 1. The first-order valence-electron chi connectivity index (χ1n) is 12.6. The van der Waals surface area contributed by atoms with Gasteiger partial charge < -0.3 is 23.9 Å². The van der Waals surface area contributed by atoms with Crippen molar-refractivity contribution in [3.63, 3.8) is 0 Å². The normalized spacial score (nSPS) is 12.7. The van der Waals surface area contributed by atoms with Crippen LogP contribution in [0.4, 0.5) is 5.69 Å². The first kappa shape index (κ1) is 28.6. The number of nitrogens with zero attached hydrogens (tertiary/aromatic N) is 1. The van der Waals surface area contributed by atoms with Gasteiger partial charge in [-0.05, 0) is 46.1 Å². The summed E-state index contributed by atoms with van der Waals surface area (Å²) in [7, 11) is 0.581. The molecule has 0 aliphatic heterocycles. The maximum absolute atomic E-state index is 13.3. The molecule has 1 atom stereocenters. The third kappa shape index (κ3) is 6.67. The highest BCUT2D eigenvalue weighted by atomic mass is 28.4. The van der Waals surface area contributed by atoms with Crippen LogP contribution in [-0.4, -0.2) is 53.5 Å². The first-order chi connectivity index (χ1) is 17.7. The molecule has 3 aromatic rings. The van der Waals surface area contributed by atoms with E-state index in [-0.39, 0.29) is 24.3 Å². The third-order valence-electron chi connectivity index (χ3n) is 6.67. The number of carbonyl (C=O) groups is 1. The van der Waals surface area contributed by atoms with E-state index in [1.54, 1.807) is 31.2 Å². The number of ether oxygens (including phenoxy) is 2. The van der Waals surface area contributed by atoms with Gasteiger partial charge in [-0.15, -0.1) is 0 Å². The highest BCUT2D eigenvalue weighted by Gasteiger charge is 2.50. The molecular weight excluding hydrogens is 482 g/mol. The number of rotatable bonds is 12. The Kier molecular flexibility index (Phi) is 10.1. The maximum atomic E-state index is 13.3. The zero-order valence-corrected chi connectivity index (χ0v) is 23.5. The summed E-state index contributed by atoms with van der Waals surface area (Å²) in [5.74, 6) is -0.0735. The van der Waals surface area contributed by atoms with Crippen molar-refractivity contribution in [3.8, 4) is 5.75 Å². The van der Waals surface area contributed by atoms with Crippen LogP contribution in [0.2, 0.25) is 5.04 Å². The van der Waals surface area contributed by atoms with Crippen molar-refractivity contribution in [2.24, 2.45) is 5.92 Å². The van der Waals surface area contributed by atoms with E-state index in [0.717, 1.165) is 5.69 Å². The summed E-state index contributed by atoms with van der Waals surface area (Å²) in [5.41, 5.74) is 0.723. The van der Waals surface area contributed by atoms with Crippen LogP contribution in [0, 0.1) is 5.92 Å². The second-order valence-electron chi connectivity index (χ2n) is 10.1. The van der Waals surface area contributed by atoms with Crippen molar-refractivity contribution in [3.05, 3.63) is 84.9 Å².